The van der Waals surface area contributed by atoms with Gasteiger partial charge in [0.05, 0.1) is 12.3 Å². The third-order valence-corrected chi connectivity index (χ3v) is 4.94. The summed E-state index contributed by atoms with van der Waals surface area (Å²) in [6.07, 6.45) is 0. The number of anilines is 1. The van der Waals surface area contributed by atoms with Crippen molar-refractivity contribution in [2.45, 2.75) is 18.7 Å². The van der Waals surface area contributed by atoms with Gasteiger partial charge in [-0.1, -0.05) is 6.92 Å². The van der Waals surface area contributed by atoms with E-state index < -0.39 is 10.0 Å². The van der Waals surface area contributed by atoms with Gasteiger partial charge in [0, 0.05) is 27.2 Å². The lowest BCUT2D eigenvalue weighted by atomic mass is 10.5. The first-order valence-corrected chi connectivity index (χ1v) is 7.08. The van der Waals surface area contributed by atoms with Gasteiger partial charge in [-0.25, -0.2) is 8.42 Å². The Morgan fingerprint density at radius 2 is 2.11 bits per heavy atom. The highest BCUT2D eigenvalue weighted by molar-refractivity contribution is 7.89. The molecule has 0 saturated heterocycles. The number of aryl methyl sites for hydroxylation is 1. The molecule has 18 heavy (non-hydrogen) atoms. The van der Waals surface area contributed by atoms with Gasteiger partial charge < -0.3 is 10.5 Å². The van der Waals surface area contributed by atoms with Gasteiger partial charge in [-0.15, -0.1) is 0 Å². The van der Waals surface area contributed by atoms with Crippen LogP contribution < -0.4 is 5.73 Å². The number of hydrogen-bond donors (Lipinski definition) is 1. The fourth-order valence-electron chi connectivity index (χ4n) is 1.70. The van der Waals surface area contributed by atoms with Crippen molar-refractivity contribution in [2.75, 3.05) is 32.5 Å². The topological polar surface area (TPSA) is 90.4 Å². The normalized spacial score (nSPS) is 12.3. The van der Waals surface area contributed by atoms with Crippen molar-refractivity contribution in [2.24, 2.45) is 7.05 Å². The Balaban J connectivity index is 3.19. The number of hydrogen-bond acceptors (Lipinski definition) is 5. The van der Waals surface area contributed by atoms with E-state index in [0.717, 1.165) is 0 Å². The number of methoxy groups -OCH3 is 1. The predicted octanol–water partition coefficient (Wildman–Crippen LogP) is -0.0323. The maximum absolute atomic E-state index is 12.5. The summed E-state index contributed by atoms with van der Waals surface area (Å²) in [5.74, 6) is 0.0332. The zero-order valence-corrected chi connectivity index (χ0v) is 12.0. The molecule has 1 aromatic heterocycles. The van der Waals surface area contributed by atoms with Gasteiger partial charge in [-0.3, -0.25) is 4.68 Å². The number of ether oxygens (including phenoxy) is 1. The summed E-state index contributed by atoms with van der Waals surface area (Å²) in [7, 11) is -0.424. The van der Waals surface area contributed by atoms with E-state index in [-0.39, 0.29) is 10.7 Å². The number of nitrogens with zero attached hydrogens (tertiary/aromatic N) is 3. The summed E-state index contributed by atoms with van der Waals surface area (Å²) in [6.45, 7) is 4.45. The van der Waals surface area contributed by atoms with Crippen LogP contribution in [0.25, 0.3) is 0 Å². The molecule has 0 spiro atoms. The van der Waals surface area contributed by atoms with Crippen LogP contribution in [0.3, 0.4) is 0 Å². The standard InChI is InChI=1S/C10H20N4O3S/c1-5-14(6-7-17-4)18(15,16)9-8(2)13(3)12-10(9)11/h5-7H2,1-4H3,(H2,11,12). The molecule has 1 aromatic rings. The van der Waals surface area contributed by atoms with Gasteiger partial charge in [0.1, 0.15) is 4.90 Å². The van der Waals surface area contributed by atoms with Crippen molar-refractivity contribution < 1.29 is 13.2 Å². The predicted molar refractivity (Wildman–Crippen MR) is 68.7 cm³/mol. The number of nitrogen functional groups attached to an aromatic ring is 1. The summed E-state index contributed by atoms with van der Waals surface area (Å²) in [5, 5.41) is 3.93. The molecule has 0 aromatic carbocycles. The molecule has 0 saturated carbocycles. The monoisotopic (exact) mass is 276 g/mol. The Hall–Kier alpha value is -1.12. The van der Waals surface area contributed by atoms with E-state index in [2.05, 4.69) is 5.10 Å². The van der Waals surface area contributed by atoms with Gasteiger partial charge in [0.2, 0.25) is 10.0 Å². The van der Waals surface area contributed by atoms with Crippen molar-refractivity contribution in [1.29, 1.82) is 0 Å². The van der Waals surface area contributed by atoms with Crippen LogP contribution in [0.15, 0.2) is 4.90 Å². The first-order valence-electron chi connectivity index (χ1n) is 5.64. The lowest BCUT2D eigenvalue weighted by Crippen LogP contribution is -2.34. The zero-order valence-electron chi connectivity index (χ0n) is 11.2. The van der Waals surface area contributed by atoms with Gasteiger partial charge >= 0.3 is 0 Å². The molecule has 7 nitrogen and oxygen atoms in total. The molecule has 0 aliphatic rings. The van der Waals surface area contributed by atoms with Crippen molar-refractivity contribution in [3.8, 4) is 0 Å². The summed E-state index contributed by atoms with van der Waals surface area (Å²) in [6, 6.07) is 0. The van der Waals surface area contributed by atoms with Gasteiger partial charge in [0.25, 0.3) is 0 Å². The molecule has 0 radical (unpaired) electrons. The highest BCUT2D eigenvalue weighted by Gasteiger charge is 2.29. The van der Waals surface area contributed by atoms with Gasteiger partial charge in [0.15, 0.2) is 5.82 Å². The molecule has 0 bridgehead atoms. The van der Waals surface area contributed by atoms with Crippen LogP contribution in [-0.4, -0.2) is 49.3 Å². The first-order chi connectivity index (χ1) is 8.36. The van der Waals surface area contributed by atoms with E-state index in [1.165, 1.54) is 16.1 Å². The number of nitrogens with two attached hydrogens (primary N) is 1. The molecule has 0 aliphatic carbocycles. The molecule has 0 fully saturated rings. The zero-order chi connectivity index (χ0) is 13.9. The molecule has 1 rings (SSSR count). The van der Waals surface area contributed by atoms with E-state index in [4.69, 9.17) is 10.5 Å². The molecule has 8 heteroatoms. The van der Waals surface area contributed by atoms with Crippen molar-refractivity contribution >= 4 is 15.8 Å². The van der Waals surface area contributed by atoms with E-state index in [1.807, 2.05) is 0 Å². The molecule has 1 heterocycles. The van der Waals surface area contributed by atoms with E-state index >= 15 is 0 Å². The molecular formula is C10H20N4O3S. The third kappa shape index (κ3) is 2.65. The quantitative estimate of drug-likeness (QED) is 0.788. The fraction of sp³-hybridized carbons (Fsp3) is 0.700. The first kappa shape index (κ1) is 14.9. The lowest BCUT2D eigenvalue weighted by Gasteiger charge is -2.20. The third-order valence-electron chi connectivity index (χ3n) is 2.80. The lowest BCUT2D eigenvalue weighted by molar-refractivity contribution is 0.180. The van der Waals surface area contributed by atoms with Crippen molar-refractivity contribution in [1.82, 2.24) is 14.1 Å². The fourth-order valence-corrected chi connectivity index (χ4v) is 3.43. The van der Waals surface area contributed by atoms with Crippen LogP contribution in [0.5, 0.6) is 0 Å². The average molecular weight is 276 g/mol. The highest BCUT2D eigenvalue weighted by atomic mass is 32.2. The van der Waals surface area contributed by atoms with E-state index in [0.29, 0.717) is 25.4 Å². The number of rotatable bonds is 6. The minimum atomic E-state index is -3.62. The Bertz CT molecular complexity index is 509. The Morgan fingerprint density at radius 1 is 1.50 bits per heavy atom. The van der Waals surface area contributed by atoms with Crippen LogP contribution in [0.4, 0.5) is 5.82 Å². The van der Waals surface area contributed by atoms with Crippen LogP contribution >= 0.6 is 0 Å². The van der Waals surface area contributed by atoms with Crippen LogP contribution in [-0.2, 0) is 21.8 Å². The highest BCUT2D eigenvalue weighted by Crippen LogP contribution is 2.24. The molecule has 0 amide bonds. The maximum atomic E-state index is 12.5. The summed E-state index contributed by atoms with van der Waals surface area (Å²) >= 11 is 0. The van der Waals surface area contributed by atoms with Crippen LogP contribution in [0, 0.1) is 6.92 Å². The van der Waals surface area contributed by atoms with Crippen LogP contribution in [0.1, 0.15) is 12.6 Å². The molecular weight excluding hydrogens is 256 g/mol. The largest absolute Gasteiger partial charge is 0.383 e. The Kier molecular flexibility index (Phi) is 4.71. The number of aromatic nitrogens is 2. The number of likely N-dealkylation sites (N-methyl/N-ethyl adjacent to an activating group) is 1. The smallest absolute Gasteiger partial charge is 0.248 e. The SMILES string of the molecule is CCN(CCOC)S(=O)(=O)c1c(N)nn(C)c1C. The Labute approximate surface area is 108 Å². The van der Waals surface area contributed by atoms with Crippen LogP contribution in [0.2, 0.25) is 0 Å². The maximum Gasteiger partial charge on any atom is 0.248 e. The summed E-state index contributed by atoms with van der Waals surface area (Å²) in [5.41, 5.74) is 6.21. The van der Waals surface area contributed by atoms with E-state index in [1.54, 1.807) is 20.9 Å². The molecule has 0 aliphatic heterocycles. The minimum Gasteiger partial charge on any atom is -0.383 e. The minimum absolute atomic E-state index is 0.0332. The Morgan fingerprint density at radius 3 is 2.50 bits per heavy atom. The summed E-state index contributed by atoms with van der Waals surface area (Å²) in [4.78, 5) is 0.0861. The van der Waals surface area contributed by atoms with Crippen molar-refractivity contribution in [3.05, 3.63) is 5.69 Å². The molecule has 0 unspecified atom stereocenters. The molecule has 2 N–H and O–H groups in total. The molecule has 0 atom stereocenters. The molecule has 104 valence electrons. The number of sulfonamides is 1. The second kappa shape index (κ2) is 5.68. The average Bonchev–Trinajstić information content (AvgIpc) is 2.54. The second-order valence-corrected chi connectivity index (χ2v) is 5.79. The summed E-state index contributed by atoms with van der Waals surface area (Å²) < 4.78 is 32.6. The second-order valence-electron chi connectivity index (χ2n) is 3.91. The van der Waals surface area contributed by atoms with Crippen molar-refractivity contribution in [3.63, 3.8) is 0 Å². The van der Waals surface area contributed by atoms with Gasteiger partial charge in [-0.05, 0) is 6.92 Å². The van der Waals surface area contributed by atoms with E-state index in [9.17, 15) is 8.42 Å². The van der Waals surface area contributed by atoms with Gasteiger partial charge in [-0.2, -0.15) is 9.40 Å².